The highest BCUT2D eigenvalue weighted by Gasteiger charge is 2.17. The van der Waals surface area contributed by atoms with E-state index in [1.165, 1.54) is 0 Å². The number of hydrogen-bond acceptors (Lipinski definition) is 2. The van der Waals surface area contributed by atoms with Crippen LogP contribution in [0.15, 0.2) is 0 Å². The fourth-order valence-electron chi connectivity index (χ4n) is 0.881. The van der Waals surface area contributed by atoms with E-state index in [9.17, 15) is 0 Å². The van der Waals surface area contributed by atoms with Crippen molar-refractivity contribution in [3.8, 4) is 0 Å². The molecule has 1 aliphatic rings. The van der Waals surface area contributed by atoms with Gasteiger partial charge in [0.25, 0.3) is 0 Å². The number of halogens is 1. The normalized spacial score (nSPS) is 32.0. The molecule has 2 nitrogen and oxygen atoms in total. The molecule has 0 spiro atoms. The molecule has 1 fully saturated rings. The minimum atomic E-state index is 0.172. The van der Waals surface area contributed by atoms with Crippen LogP contribution >= 0.6 is 11.6 Å². The molecule has 1 saturated heterocycles. The molecular weight excluding hydrogens is 138 g/mol. The Kier molecular flexibility index (Phi) is 2.76. The zero-order valence-electron chi connectivity index (χ0n) is 5.56. The number of alkyl halides is 1. The molecule has 0 aliphatic carbocycles. The Balaban J connectivity index is 2.23. The van der Waals surface area contributed by atoms with Crippen LogP contribution in [0.2, 0.25) is 0 Å². The number of rotatable bonds is 1. The lowest BCUT2D eigenvalue weighted by atomic mass is 10.2. The fraction of sp³-hybridized carbons (Fsp3) is 1.00. The molecule has 0 amide bonds. The summed E-state index contributed by atoms with van der Waals surface area (Å²) in [6.45, 7) is 4.49. The minimum Gasteiger partial charge on any atom is -0.378 e. The molecule has 0 radical (unpaired) electrons. The lowest BCUT2D eigenvalue weighted by molar-refractivity contribution is 0.0769. The van der Waals surface area contributed by atoms with E-state index in [0.717, 1.165) is 19.8 Å². The van der Waals surface area contributed by atoms with Crippen LogP contribution < -0.4 is 5.32 Å². The third kappa shape index (κ3) is 2.12. The maximum atomic E-state index is 5.81. The summed E-state index contributed by atoms with van der Waals surface area (Å²) in [4.78, 5) is 0. The van der Waals surface area contributed by atoms with Gasteiger partial charge in [-0.25, -0.2) is 0 Å². The summed E-state index contributed by atoms with van der Waals surface area (Å²) < 4.78 is 5.20. The minimum absolute atomic E-state index is 0.172. The molecule has 0 saturated carbocycles. The first-order chi connectivity index (χ1) is 4.30. The SMILES string of the molecule is CC(Cl)C1COCCN1. The molecule has 2 unspecified atom stereocenters. The molecule has 1 rings (SSSR count). The Morgan fingerprint density at radius 1 is 1.78 bits per heavy atom. The molecule has 54 valence electrons. The highest BCUT2D eigenvalue weighted by molar-refractivity contribution is 6.20. The van der Waals surface area contributed by atoms with E-state index in [0.29, 0.717) is 6.04 Å². The highest BCUT2D eigenvalue weighted by Crippen LogP contribution is 2.04. The van der Waals surface area contributed by atoms with Gasteiger partial charge in [0, 0.05) is 18.0 Å². The number of hydrogen-bond donors (Lipinski definition) is 1. The Morgan fingerprint density at radius 3 is 2.89 bits per heavy atom. The Labute approximate surface area is 60.5 Å². The molecule has 9 heavy (non-hydrogen) atoms. The Hall–Kier alpha value is 0.210. The van der Waals surface area contributed by atoms with Crippen LogP contribution in [0.4, 0.5) is 0 Å². The Bertz CT molecular complexity index is 81.1. The van der Waals surface area contributed by atoms with Crippen molar-refractivity contribution in [2.45, 2.75) is 18.3 Å². The topological polar surface area (TPSA) is 21.3 Å². The van der Waals surface area contributed by atoms with Gasteiger partial charge in [0.05, 0.1) is 13.2 Å². The van der Waals surface area contributed by atoms with Crippen molar-refractivity contribution < 1.29 is 4.74 Å². The lowest BCUT2D eigenvalue weighted by Crippen LogP contribution is -2.45. The molecule has 0 bridgehead atoms. The van der Waals surface area contributed by atoms with E-state index in [4.69, 9.17) is 16.3 Å². The van der Waals surface area contributed by atoms with Crippen molar-refractivity contribution in [1.29, 1.82) is 0 Å². The first kappa shape index (κ1) is 7.32. The molecular formula is C6H12ClNO. The maximum Gasteiger partial charge on any atom is 0.0634 e. The van der Waals surface area contributed by atoms with Crippen LogP contribution in [0.25, 0.3) is 0 Å². The van der Waals surface area contributed by atoms with Gasteiger partial charge in [-0.2, -0.15) is 0 Å². The predicted octanol–water partition coefficient (Wildman–Crippen LogP) is 0.602. The third-order valence-electron chi connectivity index (χ3n) is 1.50. The molecule has 0 aromatic heterocycles. The van der Waals surface area contributed by atoms with Crippen molar-refractivity contribution in [2.24, 2.45) is 0 Å². The van der Waals surface area contributed by atoms with Gasteiger partial charge in [-0.1, -0.05) is 0 Å². The van der Waals surface area contributed by atoms with Crippen LogP contribution in [0, 0.1) is 0 Å². The van der Waals surface area contributed by atoms with Crippen molar-refractivity contribution in [3.63, 3.8) is 0 Å². The van der Waals surface area contributed by atoms with Crippen LogP contribution in [0.1, 0.15) is 6.92 Å². The number of ether oxygens (including phenoxy) is 1. The second-order valence-electron chi connectivity index (χ2n) is 2.31. The summed E-state index contributed by atoms with van der Waals surface area (Å²) in [5.74, 6) is 0. The van der Waals surface area contributed by atoms with E-state index in [1.807, 2.05) is 6.92 Å². The molecule has 2 atom stereocenters. The molecule has 0 aromatic carbocycles. The van der Waals surface area contributed by atoms with E-state index in [-0.39, 0.29) is 5.38 Å². The van der Waals surface area contributed by atoms with E-state index >= 15 is 0 Å². The van der Waals surface area contributed by atoms with Crippen molar-refractivity contribution in [1.82, 2.24) is 5.32 Å². The summed E-state index contributed by atoms with van der Waals surface area (Å²) in [5, 5.41) is 3.43. The van der Waals surface area contributed by atoms with E-state index in [1.54, 1.807) is 0 Å². The van der Waals surface area contributed by atoms with Gasteiger partial charge in [0.15, 0.2) is 0 Å². The fourth-order valence-corrected chi connectivity index (χ4v) is 1.04. The van der Waals surface area contributed by atoms with Crippen molar-refractivity contribution in [2.75, 3.05) is 19.8 Å². The molecule has 0 aromatic rings. The first-order valence-corrected chi connectivity index (χ1v) is 3.69. The zero-order chi connectivity index (χ0) is 6.69. The molecule has 1 heterocycles. The zero-order valence-corrected chi connectivity index (χ0v) is 6.32. The van der Waals surface area contributed by atoms with Crippen LogP contribution in [-0.2, 0) is 4.74 Å². The summed E-state index contributed by atoms with van der Waals surface area (Å²) in [7, 11) is 0. The Morgan fingerprint density at radius 2 is 2.56 bits per heavy atom. The van der Waals surface area contributed by atoms with E-state index in [2.05, 4.69) is 5.32 Å². The van der Waals surface area contributed by atoms with Crippen LogP contribution in [-0.4, -0.2) is 31.2 Å². The lowest BCUT2D eigenvalue weighted by Gasteiger charge is -2.25. The van der Waals surface area contributed by atoms with Crippen molar-refractivity contribution in [3.05, 3.63) is 0 Å². The summed E-state index contributed by atoms with van der Waals surface area (Å²) in [6.07, 6.45) is 0. The highest BCUT2D eigenvalue weighted by atomic mass is 35.5. The van der Waals surface area contributed by atoms with Crippen molar-refractivity contribution >= 4 is 11.6 Å². The van der Waals surface area contributed by atoms with Gasteiger partial charge in [-0.15, -0.1) is 11.6 Å². The van der Waals surface area contributed by atoms with Crippen LogP contribution in [0.3, 0.4) is 0 Å². The standard InChI is InChI=1S/C6H12ClNO/c1-5(7)6-4-9-3-2-8-6/h5-6,8H,2-4H2,1H3. The smallest absolute Gasteiger partial charge is 0.0634 e. The largest absolute Gasteiger partial charge is 0.378 e. The summed E-state index contributed by atoms with van der Waals surface area (Å²) >= 11 is 5.81. The molecule has 3 heteroatoms. The molecule has 1 aliphatic heterocycles. The summed E-state index contributed by atoms with van der Waals surface area (Å²) in [5.41, 5.74) is 0. The van der Waals surface area contributed by atoms with E-state index < -0.39 is 0 Å². The van der Waals surface area contributed by atoms with Gasteiger partial charge in [-0.3, -0.25) is 0 Å². The monoisotopic (exact) mass is 149 g/mol. The van der Waals surface area contributed by atoms with Crippen LogP contribution in [0.5, 0.6) is 0 Å². The van der Waals surface area contributed by atoms with Gasteiger partial charge >= 0.3 is 0 Å². The average molecular weight is 150 g/mol. The molecule has 1 N–H and O–H groups in total. The van der Waals surface area contributed by atoms with Gasteiger partial charge in [0.2, 0.25) is 0 Å². The summed E-state index contributed by atoms with van der Waals surface area (Å²) in [6, 6.07) is 0.348. The average Bonchev–Trinajstić information content (AvgIpc) is 1.90. The number of morpholine rings is 1. The van der Waals surface area contributed by atoms with Gasteiger partial charge < -0.3 is 10.1 Å². The quantitative estimate of drug-likeness (QED) is 0.552. The number of nitrogens with one attached hydrogen (secondary N) is 1. The second kappa shape index (κ2) is 3.40. The predicted molar refractivity (Wildman–Crippen MR) is 37.9 cm³/mol. The second-order valence-corrected chi connectivity index (χ2v) is 3.00. The van der Waals surface area contributed by atoms with Gasteiger partial charge in [0.1, 0.15) is 0 Å². The first-order valence-electron chi connectivity index (χ1n) is 3.26. The maximum absolute atomic E-state index is 5.81. The van der Waals surface area contributed by atoms with Gasteiger partial charge in [-0.05, 0) is 6.92 Å². The third-order valence-corrected chi connectivity index (χ3v) is 1.81.